The minimum Gasteiger partial charge on any atom is -0.310 e. The molecule has 2 nitrogen and oxygen atoms in total. The van der Waals surface area contributed by atoms with Crippen LogP contribution in [0.4, 0.5) is 17.1 Å². The average molecular weight is 821 g/mol. The van der Waals surface area contributed by atoms with Crippen LogP contribution in [0.15, 0.2) is 218 Å². The normalized spacial score (nSPS) is 17.2. The second-order valence-electron chi connectivity index (χ2n) is 17.9. The molecular weight excluding hydrogens is 773 g/mol. The summed E-state index contributed by atoms with van der Waals surface area (Å²) < 4.78 is 58.5. The summed E-state index contributed by atoms with van der Waals surface area (Å²) in [6.07, 6.45) is 0. The van der Waals surface area contributed by atoms with Crippen molar-refractivity contribution in [2.75, 3.05) is 4.90 Å². The summed E-state index contributed by atoms with van der Waals surface area (Å²) in [5, 5.41) is 2.82. The van der Waals surface area contributed by atoms with Gasteiger partial charge in [-0.2, -0.15) is 0 Å². The number of para-hydroxylation sites is 2. The van der Waals surface area contributed by atoms with Crippen molar-refractivity contribution in [1.82, 2.24) is 4.57 Å². The van der Waals surface area contributed by atoms with Crippen LogP contribution in [-0.2, 0) is 10.8 Å². The van der Waals surface area contributed by atoms with Gasteiger partial charge in [0, 0.05) is 38.8 Å². The molecule has 10 aromatic carbocycles. The van der Waals surface area contributed by atoms with E-state index in [1.807, 2.05) is 30.3 Å². The van der Waals surface area contributed by atoms with Gasteiger partial charge >= 0.3 is 0 Å². The molecule has 2 heteroatoms. The lowest BCUT2D eigenvalue weighted by Gasteiger charge is -2.40. The van der Waals surface area contributed by atoms with Crippen LogP contribution < -0.4 is 4.90 Å². The summed E-state index contributed by atoms with van der Waals surface area (Å²) in [4.78, 5) is 2.39. The molecule has 0 amide bonds. The first-order valence-electron chi connectivity index (χ1n) is 25.0. The molecule has 3 aliphatic rings. The van der Waals surface area contributed by atoms with Crippen LogP contribution in [0.3, 0.4) is 0 Å². The van der Waals surface area contributed by atoms with Crippen molar-refractivity contribution < 1.29 is 8.22 Å². The van der Waals surface area contributed by atoms with E-state index in [0.717, 1.165) is 77.9 Å². The van der Waals surface area contributed by atoms with Gasteiger partial charge in [-0.1, -0.05) is 177 Å². The summed E-state index contributed by atoms with van der Waals surface area (Å²) >= 11 is 0. The lowest BCUT2D eigenvalue weighted by Crippen LogP contribution is -2.31. The molecule has 64 heavy (non-hydrogen) atoms. The highest BCUT2D eigenvalue weighted by atomic mass is 15.1. The van der Waals surface area contributed by atoms with E-state index in [-0.39, 0.29) is 47.1 Å². The van der Waals surface area contributed by atoms with Crippen LogP contribution in [0.1, 0.15) is 55.5 Å². The Morgan fingerprint density at radius 1 is 0.438 bits per heavy atom. The molecule has 0 fully saturated rings. The van der Waals surface area contributed by atoms with Gasteiger partial charge in [0.15, 0.2) is 0 Å². The maximum atomic E-state index is 9.95. The third kappa shape index (κ3) is 4.49. The number of nitrogens with zero attached hydrogens (tertiary/aromatic N) is 2. The Balaban J connectivity index is 1.11. The monoisotopic (exact) mass is 820 g/mol. The Labute approximate surface area is 381 Å². The Hall–Kier alpha value is -7.94. The maximum Gasteiger partial charge on any atom is 0.0726 e. The number of fused-ring (bicyclic) bond motifs is 15. The van der Waals surface area contributed by atoms with Crippen molar-refractivity contribution in [3.63, 3.8) is 0 Å². The maximum absolute atomic E-state index is 9.95. The van der Waals surface area contributed by atoms with Crippen molar-refractivity contribution in [2.24, 2.45) is 0 Å². The van der Waals surface area contributed by atoms with Crippen LogP contribution >= 0.6 is 0 Å². The van der Waals surface area contributed by atoms with Gasteiger partial charge < -0.3 is 9.47 Å². The van der Waals surface area contributed by atoms with Crippen LogP contribution in [-0.4, -0.2) is 4.57 Å². The van der Waals surface area contributed by atoms with Gasteiger partial charge in [0.1, 0.15) is 0 Å². The fourth-order valence-electron chi connectivity index (χ4n) is 11.9. The summed E-state index contributed by atoms with van der Waals surface area (Å²) in [5.74, 6) is 0. The molecule has 300 valence electrons. The van der Waals surface area contributed by atoms with Gasteiger partial charge in [-0.3, -0.25) is 0 Å². The zero-order valence-corrected chi connectivity index (χ0v) is 35.2. The van der Waals surface area contributed by atoms with Crippen molar-refractivity contribution in [1.29, 1.82) is 0 Å². The first-order chi connectivity index (χ1) is 34.0. The molecule has 0 aliphatic heterocycles. The van der Waals surface area contributed by atoms with Gasteiger partial charge in [-0.25, -0.2) is 0 Å². The predicted molar refractivity (Wildman–Crippen MR) is 267 cm³/mol. The molecule has 0 N–H and O–H groups in total. The Morgan fingerprint density at radius 2 is 1.05 bits per heavy atom. The summed E-state index contributed by atoms with van der Waals surface area (Å²) in [6, 6.07) is 62.9. The van der Waals surface area contributed by atoms with Crippen LogP contribution in [0.25, 0.3) is 71.6 Å². The lowest BCUT2D eigenvalue weighted by molar-refractivity contribution is 0.660. The number of aromatic nitrogens is 1. The van der Waals surface area contributed by atoms with E-state index in [1.54, 1.807) is 0 Å². The molecule has 1 unspecified atom stereocenters. The number of hydrogen-bond acceptors (Lipinski definition) is 1. The van der Waals surface area contributed by atoms with Crippen molar-refractivity contribution >= 4 is 49.6 Å². The van der Waals surface area contributed by atoms with Gasteiger partial charge in [0.05, 0.1) is 30.4 Å². The van der Waals surface area contributed by atoms with Gasteiger partial charge in [-0.05, 0) is 127 Å². The third-order valence-corrected chi connectivity index (χ3v) is 14.5. The highest BCUT2D eigenvalue weighted by Gasteiger charge is 2.51. The molecule has 0 bridgehead atoms. The molecule has 1 aromatic heterocycles. The highest BCUT2D eigenvalue weighted by molar-refractivity contribution is 6.12. The van der Waals surface area contributed by atoms with Crippen molar-refractivity contribution in [3.8, 4) is 39.1 Å². The Kier molecular flexibility index (Phi) is 6.04. The predicted octanol–water partition coefficient (Wildman–Crippen LogP) is 16.1. The molecule has 1 atom stereocenters. The fraction of sp³-hybridized carbons (Fsp3) is 0.0645. The smallest absolute Gasteiger partial charge is 0.0726 e. The molecule has 11 aromatic rings. The van der Waals surface area contributed by atoms with Gasteiger partial charge in [0.25, 0.3) is 0 Å². The van der Waals surface area contributed by atoms with E-state index in [0.29, 0.717) is 16.5 Å². The van der Waals surface area contributed by atoms with Crippen molar-refractivity contribution in [2.45, 2.75) is 24.7 Å². The molecule has 0 radical (unpaired) electrons. The topological polar surface area (TPSA) is 8.17 Å². The molecule has 1 spiro atoms. The van der Waals surface area contributed by atoms with E-state index in [9.17, 15) is 6.85 Å². The molecular formula is C62H42N2. The SMILES string of the molecule is [2H]c1c([2H])c2c3c(c([2H])c([2H])c([2H])c3c1[2H])C1(c3ccccc3-c3c(N(c4ccc5c(c4)C(C)(C)c4ccccc4-5)c4ccc5c(c4)c4ccccc4n5-c4ccccc4)cccc31)c1ccccc1-2. The number of rotatable bonds is 4. The van der Waals surface area contributed by atoms with E-state index in [2.05, 4.69) is 175 Å². The third-order valence-electron chi connectivity index (χ3n) is 14.5. The molecule has 0 saturated heterocycles. The number of anilines is 3. The van der Waals surface area contributed by atoms with Crippen LogP contribution in [0.2, 0.25) is 0 Å². The quantitative estimate of drug-likeness (QED) is 0.172. The van der Waals surface area contributed by atoms with Gasteiger partial charge in [-0.15, -0.1) is 0 Å². The standard InChI is InChI=1S/C62H42N2/c1-61(2)50-26-10-6-21-43(50)45-35-33-42(38-55(45)61)63(41-34-36-57-49(37-41)46-23-9-13-31-56(46)64(57)40-19-4-3-5-20-40)58-32-16-30-54-60(58)48-24-8-12-28-52(48)62(54)51-27-11-7-22-44(51)47-25-14-17-39-18-15-29-53(62)59(39)47/h3-38H,1-2H3/i14D,15D,17D,18D,25D,29D. The largest absolute Gasteiger partial charge is 0.310 e. The minimum absolute atomic E-state index is 0.115. The molecule has 0 saturated carbocycles. The molecule has 14 rings (SSSR count). The summed E-state index contributed by atoms with van der Waals surface area (Å²) in [5.41, 5.74) is 16.0. The Morgan fingerprint density at radius 3 is 1.88 bits per heavy atom. The van der Waals surface area contributed by atoms with E-state index >= 15 is 0 Å². The second kappa shape index (κ2) is 12.8. The summed E-state index contributed by atoms with van der Waals surface area (Å²) in [7, 11) is 0. The fourth-order valence-corrected chi connectivity index (χ4v) is 11.9. The molecule has 1 heterocycles. The average Bonchev–Trinajstić information content (AvgIpc) is 3.97. The van der Waals surface area contributed by atoms with Gasteiger partial charge in [0.2, 0.25) is 0 Å². The lowest BCUT2D eigenvalue weighted by atomic mass is 9.61. The second-order valence-corrected chi connectivity index (χ2v) is 17.9. The van der Waals surface area contributed by atoms with E-state index < -0.39 is 5.41 Å². The van der Waals surface area contributed by atoms with E-state index in [4.69, 9.17) is 1.37 Å². The number of hydrogen-bond donors (Lipinski definition) is 0. The van der Waals surface area contributed by atoms with Crippen LogP contribution in [0, 0.1) is 0 Å². The first-order valence-corrected chi connectivity index (χ1v) is 22.0. The first kappa shape index (κ1) is 30.2. The molecule has 3 aliphatic carbocycles. The zero-order valence-electron chi connectivity index (χ0n) is 41.2. The zero-order chi connectivity index (χ0) is 47.5. The minimum atomic E-state index is -1.19. The number of benzene rings is 10. The summed E-state index contributed by atoms with van der Waals surface area (Å²) in [6.45, 7) is 4.62. The van der Waals surface area contributed by atoms with E-state index in [1.165, 1.54) is 22.3 Å². The Bertz CT molecular complexity index is 4130. The van der Waals surface area contributed by atoms with Crippen molar-refractivity contribution in [3.05, 3.63) is 252 Å². The van der Waals surface area contributed by atoms with Crippen LogP contribution in [0.5, 0.6) is 0 Å². The highest BCUT2D eigenvalue weighted by Crippen LogP contribution is 2.64.